The molecule has 6 heteroatoms. The van der Waals surface area contributed by atoms with Crippen LogP contribution in [0.25, 0.3) is 0 Å². The molecule has 0 fully saturated rings. The van der Waals surface area contributed by atoms with Gasteiger partial charge < -0.3 is 4.74 Å². The van der Waals surface area contributed by atoms with Gasteiger partial charge in [0.2, 0.25) is 5.88 Å². The molecule has 0 amide bonds. The molecule has 0 radical (unpaired) electrons. The first kappa shape index (κ1) is 15.7. The number of halogens is 3. The minimum Gasteiger partial charge on any atom is -0.477 e. The normalized spacial score (nSPS) is 11.4. The molecular weight excluding hydrogens is 299 g/mol. The number of hydrogen-bond acceptors (Lipinski definition) is 3. The topological polar surface area (TPSA) is 22.1 Å². The molecule has 2 rings (SSSR count). The van der Waals surface area contributed by atoms with Crippen molar-refractivity contribution < 1.29 is 17.9 Å². The van der Waals surface area contributed by atoms with Crippen molar-refractivity contribution in [2.24, 2.45) is 0 Å². The third kappa shape index (κ3) is 4.39. The summed E-state index contributed by atoms with van der Waals surface area (Å²) in [6.45, 7) is 2.13. The lowest BCUT2D eigenvalue weighted by Gasteiger charge is -2.12. The zero-order valence-corrected chi connectivity index (χ0v) is 12.2. The van der Waals surface area contributed by atoms with Crippen molar-refractivity contribution in [2.75, 3.05) is 6.61 Å². The number of thioether (sulfide) groups is 1. The monoisotopic (exact) mass is 313 g/mol. The summed E-state index contributed by atoms with van der Waals surface area (Å²) in [6.07, 6.45) is -3.60. The quantitative estimate of drug-likeness (QED) is 0.741. The van der Waals surface area contributed by atoms with Crippen LogP contribution in [-0.2, 0) is 11.9 Å². The van der Waals surface area contributed by atoms with Crippen LogP contribution in [0.5, 0.6) is 5.88 Å². The van der Waals surface area contributed by atoms with Crippen molar-refractivity contribution in [3.05, 3.63) is 53.7 Å². The van der Waals surface area contributed by atoms with Crippen LogP contribution in [-0.4, -0.2) is 11.6 Å². The van der Waals surface area contributed by atoms with E-state index < -0.39 is 11.7 Å². The number of ether oxygens (including phenoxy) is 1. The van der Waals surface area contributed by atoms with E-state index in [4.69, 9.17) is 4.74 Å². The second-order valence-corrected chi connectivity index (χ2v) is 5.25. The molecular formula is C15H14F3NOS. The van der Waals surface area contributed by atoms with Gasteiger partial charge >= 0.3 is 6.18 Å². The van der Waals surface area contributed by atoms with Gasteiger partial charge in [-0.05, 0) is 18.6 Å². The summed E-state index contributed by atoms with van der Waals surface area (Å²) in [5.74, 6) is 0.801. The SMILES string of the molecule is CCOc1ncc(C(F)(F)F)cc1SCc1ccccc1. The van der Waals surface area contributed by atoms with E-state index in [0.717, 1.165) is 17.8 Å². The van der Waals surface area contributed by atoms with Crippen molar-refractivity contribution in [1.29, 1.82) is 0 Å². The van der Waals surface area contributed by atoms with Gasteiger partial charge in [0.25, 0.3) is 0 Å². The van der Waals surface area contributed by atoms with Crippen molar-refractivity contribution in [2.45, 2.75) is 23.7 Å². The third-order valence-corrected chi connectivity index (χ3v) is 3.74. The lowest BCUT2D eigenvalue weighted by atomic mass is 10.2. The lowest BCUT2D eigenvalue weighted by Crippen LogP contribution is -2.07. The summed E-state index contributed by atoms with van der Waals surface area (Å²) < 4.78 is 43.6. The fourth-order valence-corrected chi connectivity index (χ4v) is 2.63. The minimum absolute atomic E-state index is 0.242. The first-order chi connectivity index (χ1) is 10.0. The highest BCUT2D eigenvalue weighted by Gasteiger charge is 2.32. The van der Waals surface area contributed by atoms with E-state index in [2.05, 4.69) is 4.98 Å². The highest BCUT2D eigenvalue weighted by molar-refractivity contribution is 7.98. The van der Waals surface area contributed by atoms with Gasteiger partial charge in [-0.15, -0.1) is 11.8 Å². The average molecular weight is 313 g/mol. The number of benzene rings is 1. The molecule has 2 aromatic rings. The second kappa shape index (κ2) is 6.85. The Morgan fingerprint density at radius 3 is 2.52 bits per heavy atom. The number of nitrogens with zero attached hydrogens (tertiary/aromatic N) is 1. The number of pyridine rings is 1. The summed E-state index contributed by atoms with van der Waals surface area (Å²) in [5, 5.41) is 0. The summed E-state index contributed by atoms with van der Waals surface area (Å²) in [7, 11) is 0. The predicted molar refractivity (Wildman–Crippen MR) is 76.4 cm³/mol. The Bertz CT molecular complexity index is 587. The first-order valence-corrected chi connectivity index (χ1v) is 7.36. The maximum atomic E-state index is 12.8. The second-order valence-electron chi connectivity index (χ2n) is 4.23. The number of rotatable bonds is 5. The predicted octanol–water partition coefficient (Wildman–Crippen LogP) is 4.79. The fourth-order valence-electron chi connectivity index (χ4n) is 1.67. The Balaban J connectivity index is 2.22. The Labute approximate surface area is 125 Å². The molecule has 21 heavy (non-hydrogen) atoms. The molecule has 1 heterocycles. The zero-order chi connectivity index (χ0) is 15.3. The van der Waals surface area contributed by atoms with E-state index in [0.29, 0.717) is 17.3 Å². The van der Waals surface area contributed by atoms with E-state index >= 15 is 0 Å². The van der Waals surface area contributed by atoms with Crippen molar-refractivity contribution in [1.82, 2.24) is 4.98 Å². The molecule has 0 N–H and O–H groups in total. The maximum Gasteiger partial charge on any atom is 0.417 e. The summed E-state index contributed by atoms with van der Waals surface area (Å²) in [6, 6.07) is 10.6. The largest absolute Gasteiger partial charge is 0.477 e. The van der Waals surface area contributed by atoms with Crippen LogP contribution in [0.3, 0.4) is 0 Å². The van der Waals surface area contributed by atoms with E-state index in [1.165, 1.54) is 11.8 Å². The molecule has 0 saturated carbocycles. The number of hydrogen-bond donors (Lipinski definition) is 0. The molecule has 0 aliphatic heterocycles. The van der Waals surface area contributed by atoms with Crippen LogP contribution in [0.1, 0.15) is 18.1 Å². The van der Waals surface area contributed by atoms with E-state index in [9.17, 15) is 13.2 Å². The Morgan fingerprint density at radius 1 is 1.19 bits per heavy atom. The highest BCUT2D eigenvalue weighted by Crippen LogP contribution is 2.36. The van der Waals surface area contributed by atoms with Gasteiger partial charge in [0.1, 0.15) is 0 Å². The molecule has 0 atom stereocenters. The average Bonchev–Trinajstić information content (AvgIpc) is 2.46. The van der Waals surface area contributed by atoms with Gasteiger partial charge in [-0.2, -0.15) is 13.2 Å². The van der Waals surface area contributed by atoms with Crippen LogP contribution in [0, 0.1) is 0 Å². The van der Waals surface area contributed by atoms with Crippen LogP contribution in [0.4, 0.5) is 13.2 Å². The summed E-state index contributed by atoms with van der Waals surface area (Å²) in [4.78, 5) is 4.18. The summed E-state index contributed by atoms with van der Waals surface area (Å²) in [5.41, 5.74) is 0.267. The Hall–Kier alpha value is -1.69. The molecule has 1 aromatic heterocycles. The number of aromatic nitrogens is 1. The van der Waals surface area contributed by atoms with Gasteiger partial charge in [-0.1, -0.05) is 30.3 Å². The van der Waals surface area contributed by atoms with Gasteiger partial charge in [0.15, 0.2) is 0 Å². The van der Waals surface area contributed by atoms with Crippen LogP contribution in [0.2, 0.25) is 0 Å². The lowest BCUT2D eigenvalue weighted by molar-refractivity contribution is -0.138. The fraction of sp³-hybridized carbons (Fsp3) is 0.267. The molecule has 2 nitrogen and oxygen atoms in total. The molecule has 1 aromatic carbocycles. The zero-order valence-electron chi connectivity index (χ0n) is 11.4. The molecule has 0 aliphatic rings. The van der Waals surface area contributed by atoms with Gasteiger partial charge in [0.05, 0.1) is 17.1 Å². The molecule has 0 bridgehead atoms. The summed E-state index contributed by atoms with van der Waals surface area (Å²) >= 11 is 1.28. The third-order valence-electron chi connectivity index (χ3n) is 2.66. The Kier molecular flexibility index (Phi) is 5.12. The maximum absolute atomic E-state index is 12.8. The molecule has 112 valence electrons. The van der Waals surface area contributed by atoms with E-state index in [1.807, 2.05) is 30.3 Å². The van der Waals surface area contributed by atoms with Gasteiger partial charge in [-0.3, -0.25) is 0 Å². The molecule has 0 saturated heterocycles. The highest BCUT2D eigenvalue weighted by atomic mass is 32.2. The van der Waals surface area contributed by atoms with Gasteiger partial charge in [-0.25, -0.2) is 4.98 Å². The Morgan fingerprint density at radius 2 is 1.90 bits per heavy atom. The van der Waals surface area contributed by atoms with Crippen LogP contribution in [0.15, 0.2) is 47.5 Å². The molecule has 0 spiro atoms. The first-order valence-electron chi connectivity index (χ1n) is 6.37. The molecule has 0 aliphatic carbocycles. The minimum atomic E-state index is -4.40. The van der Waals surface area contributed by atoms with Gasteiger partial charge in [0, 0.05) is 11.9 Å². The standard InChI is InChI=1S/C15H14F3NOS/c1-2-20-14-13(8-12(9-19-14)15(16,17)18)21-10-11-6-4-3-5-7-11/h3-9H,2,10H2,1H3. The van der Waals surface area contributed by atoms with Crippen molar-refractivity contribution in [3.8, 4) is 5.88 Å². The van der Waals surface area contributed by atoms with Crippen molar-refractivity contribution >= 4 is 11.8 Å². The number of alkyl halides is 3. The molecule has 0 unspecified atom stereocenters. The van der Waals surface area contributed by atoms with Crippen LogP contribution >= 0.6 is 11.8 Å². The smallest absolute Gasteiger partial charge is 0.417 e. The van der Waals surface area contributed by atoms with E-state index in [1.54, 1.807) is 6.92 Å². The van der Waals surface area contributed by atoms with Crippen LogP contribution < -0.4 is 4.74 Å². The van der Waals surface area contributed by atoms with Crippen molar-refractivity contribution in [3.63, 3.8) is 0 Å². The van der Waals surface area contributed by atoms with E-state index in [-0.39, 0.29) is 5.88 Å².